The van der Waals surface area contributed by atoms with Crippen molar-refractivity contribution in [2.75, 3.05) is 26.2 Å². The summed E-state index contributed by atoms with van der Waals surface area (Å²) >= 11 is 3.41. The molecule has 0 amide bonds. The number of benzene rings is 1. The van der Waals surface area contributed by atoms with E-state index in [1.165, 1.54) is 0 Å². The second-order valence-electron chi connectivity index (χ2n) is 6.47. The van der Waals surface area contributed by atoms with E-state index in [2.05, 4.69) is 41.6 Å². The molecule has 0 unspecified atom stereocenters. The van der Waals surface area contributed by atoms with E-state index < -0.39 is 10.0 Å². The van der Waals surface area contributed by atoms with Gasteiger partial charge in [-0.25, -0.2) is 8.42 Å². The Morgan fingerprint density at radius 2 is 1.67 bits per heavy atom. The molecule has 1 aliphatic heterocycles. The molecule has 0 radical (unpaired) electrons. The van der Waals surface area contributed by atoms with Crippen LogP contribution in [0.15, 0.2) is 27.6 Å². The average Bonchev–Trinajstić information content (AvgIpc) is 2.41. The Morgan fingerprint density at radius 3 is 2.14 bits per heavy atom. The first-order chi connectivity index (χ1) is 9.62. The molecule has 2 rings (SSSR count). The van der Waals surface area contributed by atoms with Crippen LogP contribution in [0.2, 0.25) is 0 Å². The van der Waals surface area contributed by atoms with Crippen molar-refractivity contribution in [2.45, 2.75) is 38.1 Å². The second kappa shape index (κ2) is 5.99. The van der Waals surface area contributed by atoms with Gasteiger partial charge in [0, 0.05) is 36.2 Å². The van der Waals surface area contributed by atoms with Gasteiger partial charge in [-0.3, -0.25) is 4.90 Å². The van der Waals surface area contributed by atoms with Gasteiger partial charge in [0.1, 0.15) is 0 Å². The molecule has 4 nitrogen and oxygen atoms in total. The van der Waals surface area contributed by atoms with Crippen LogP contribution in [0.1, 0.15) is 26.3 Å². The summed E-state index contributed by atoms with van der Waals surface area (Å²) in [6.45, 7) is 11.0. The van der Waals surface area contributed by atoms with Gasteiger partial charge in [-0.2, -0.15) is 4.31 Å². The maximum Gasteiger partial charge on any atom is 0.243 e. The molecular formula is C15H23BrN2O2S. The number of piperazine rings is 1. The van der Waals surface area contributed by atoms with Crippen molar-refractivity contribution in [3.05, 3.63) is 28.2 Å². The van der Waals surface area contributed by atoms with E-state index in [4.69, 9.17) is 0 Å². The fourth-order valence-electron chi connectivity index (χ4n) is 2.53. The summed E-state index contributed by atoms with van der Waals surface area (Å²) in [5.74, 6) is 0. The lowest BCUT2D eigenvalue weighted by atomic mass is 10.1. The lowest BCUT2D eigenvalue weighted by Crippen LogP contribution is -2.54. The van der Waals surface area contributed by atoms with Gasteiger partial charge in [-0.05, 0) is 51.5 Å². The Kier molecular flexibility index (Phi) is 4.83. The molecule has 0 N–H and O–H groups in total. The fourth-order valence-corrected chi connectivity index (χ4v) is 4.28. The lowest BCUT2D eigenvalue weighted by molar-refractivity contribution is 0.0922. The van der Waals surface area contributed by atoms with E-state index in [9.17, 15) is 8.42 Å². The Bertz CT molecular complexity index is 615. The summed E-state index contributed by atoms with van der Waals surface area (Å²) in [5.41, 5.74) is 1.02. The molecule has 0 atom stereocenters. The van der Waals surface area contributed by atoms with E-state index >= 15 is 0 Å². The molecule has 1 aromatic rings. The largest absolute Gasteiger partial charge is 0.296 e. The minimum absolute atomic E-state index is 0.0874. The Balaban J connectivity index is 2.17. The normalized spacial score (nSPS) is 18.9. The Labute approximate surface area is 136 Å². The predicted octanol–water partition coefficient (Wildman–Crippen LogP) is 2.86. The van der Waals surface area contributed by atoms with Gasteiger partial charge in [0.05, 0.1) is 4.90 Å². The van der Waals surface area contributed by atoms with Crippen molar-refractivity contribution < 1.29 is 8.42 Å². The van der Waals surface area contributed by atoms with E-state index in [0.717, 1.165) is 23.1 Å². The highest BCUT2D eigenvalue weighted by Crippen LogP contribution is 2.24. The van der Waals surface area contributed by atoms with Gasteiger partial charge >= 0.3 is 0 Å². The molecule has 0 bridgehead atoms. The average molecular weight is 375 g/mol. The standard InChI is InChI=1S/C15H23BrN2O2S/c1-12-11-13(5-6-14(12)16)21(19,20)18-9-7-17(8-10-18)15(2,3)4/h5-6,11H,7-10H2,1-4H3. The van der Waals surface area contributed by atoms with Crippen molar-refractivity contribution in [3.8, 4) is 0 Å². The first-order valence-corrected chi connectivity index (χ1v) is 9.37. The van der Waals surface area contributed by atoms with Crippen molar-refractivity contribution in [3.63, 3.8) is 0 Å². The van der Waals surface area contributed by atoms with Crippen molar-refractivity contribution in [1.82, 2.24) is 9.21 Å². The third-order valence-corrected chi connectivity index (χ3v) is 6.74. The van der Waals surface area contributed by atoms with Crippen LogP contribution in [-0.4, -0.2) is 49.3 Å². The van der Waals surface area contributed by atoms with Crippen molar-refractivity contribution >= 4 is 26.0 Å². The van der Waals surface area contributed by atoms with Gasteiger partial charge < -0.3 is 0 Å². The zero-order valence-corrected chi connectivity index (χ0v) is 15.5. The van der Waals surface area contributed by atoms with Crippen LogP contribution in [0.25, 0.3) is 0 Å². The molecule has 1 saturated heterocycles. The molecule has 0 aliphatic carbocycles. The summed E-state index contributed by atoms with van der Waals surface area (Å²) in [6.07, 6.45) is 0. The molecule has 1 aromatic carbocycles. The number of hydrogen-bond acceptors (Lipinski definition) is 3. The number of nitrogens with zero attached hydrogens (tertiary/aromatic N) is 2. The predicted molar refractivity (Wildman–Crippen MR) is 89.0 cm³/mol. The molecule has 6 heteroatoms. The summed E-state index contributed by atoms with van der Waals surface area (Å²) < 4.78 is 27.9. The van der Waals surface area contributed by atoms with Gasteiger partial charge in [0.2, 0.25) is 10.0 Å². The topological polar surface area (TPSA) is 40.6 Å². The number of aryl methyl sites for hydroxylation is 1. The van der Waals surface area contributed by atoms with Crippen LogP contribution in [-0.2, 0) is 10.0 Å². The zero-order valence-electron chi connectivity index (χ0n) is 13.1. The smallest absolute Gasteiger partial charge is 0.243 e. The molecule has 1 aliphatic rings. The van der Waals surface area contributed by atoms with Crippen LogP contribution in [0, 0.1) is 6.92 Å². The van der Waals surface area contributed by atoms with E-state index in [-0.39, 0.29) is 5.54 Å². The van der Waals surface area contributed by atoms with Gasteiger partial charge in [0.25, 0.3) is 0 Å². The minimum Gasteiger partial charge on any atom is -0.296 e. The van der Waals surface area contributed by atoms with Gasteiger partial charge in [-0.1, -0.05) is 15.9 Å². The van der Waals surface area contributed by atoms with Crippen LogP contribution < -0.4 is 0 Å². The van der Waals surface area contributed by atoms with Crippen molar-refractivity contribution in [2.24, 2.45) is 0 Å². The number of rotatable bonds is 2. The van der Waals surface area contributed by atoms with E-state index in [1.807, 2.05) is 6.92 Å². The fraction of sp³-hybridized carbons (Fsp3) is 0.600. The third kappa shape index (κ3) is 3.67. The summed E-state index contributed by atoms with van der Waals surface area (Å²) in [6, 6.07) is 5.20. The Hall–Kier alpha value is -0.430. The van der Waals surface area contributed by atoms with Crippen molar-refractivity contribution in [1.29, 1.82) is 0 Å². The monoisotopic (exact) mass is 374 g/mol. The van der Waals surface area contributed by atoms with Gasteiger partial charge in [-0.15, -0.1) is 0 Å². The first-order valence-electron chi connectivity index (χ1n) is 7.14. The molecular weight excluding hydrogens is 352 g/mol. The van der Waals surface area contributed by atoms with Gasteiger partial charge in [0.15, 0.2) is 0 Å². The summed E-state index contributed by atoms with van der Waals surface area (Å²) in [5, 5.41) is 0. The highest BCUT2D eigenvalue weighted by Gasteiger charge is 2.32. The maximum atomic E-state index is 12.7. The lowest BCUT2D eigenvalue weighted by Gasteiger charge is -2.41. The number of halogens is 1. The van der Waals surface area contributed by atoms with E-state index in [0.29, 0.717) is 18.0 Å². The van der Waals surface area contributed by atoms with Crippen LogP contribution in [0.4, 0.5) is 0 Å². The highest BCUT2D eigenvalue weighted by molar-refractivity contribution is 9.10. The number of hydrogen-bond donors (Lipinski definition) is 0. The maximum absolute atomic E-state index is 12.7. The van der Waals surface area contributed by atoms with Crippen LogP contribution in [0.3, 0.4) is 0 Å². The molecule has 118 valence electrons. The molecule has 0 spiro atoms. The van der Waals surface area contributed by atoms with Crippen LogP contribution in [0.5, 0.6) is 0 Å². The highest BCUT2D eigenvalue weighted by atomic mass is 79.9. The SMILES string of the molecule is Cc1cc(S(=O)(=O)N2CCN(C(C)(C)C)CC2)ccc1Br. The molecule has 0 saturated carbocycles. The quantitative estimate of drug-likeness (QED) is 0.798. The van der Waals surface area contributed by atoms with E-state index in [1.54, 1.807) is 22.5 Å². The number of sulfonamides is 1. The third-order valence-electron chi connectivity index (χ3n) is 3.95. The zero-order chi connectivity index (χ0) is 15.8. The summed E-state index contributed by atoms with van der Waals surface area (Å²) in [4.78, 5) is 2.71. The first kappa shape index (κ1) is 16.9. The Morgan fingerprint density at radius 1 is 1.10 bits per heavy atom. The summed E-state index contributed by atoms with van der Waals surface area (Å²) in [7, 11) is -3.38. The molecule has 0 aromatic heterocycles. The second-order valence-corrected chi connectivity index (χ2v) is 9.27. The minimum atomic E-state index is -3.38. The molecule has 1 heterocycles. The molecule has 1 fully saturated rings. The van der Waals surface area contributed by atoms with Crippen LogP contribution >= 0.6 is 15.9 Å². The molecule has 21 heavy (non-hydrogen) atoms.